The van der Waals surface area contributed by atoms with E-state index < -0.39 is 4.92 Å². The minimum Gasteiger partial charge on any atom is -0.492 e. The van der Waals surface area contributed by atoms with Crippen LogP contribution in [-0.2, 0) is 6.54 Å². The van der Waals surface area contributed by atoms with Crippen molar-refractivity contribution in [3.05, 3.63) is 82.4 Å². The van der Waals surface area contributed by atoms with Crippen molar-refractivity contribution < 1.29 is 9.66 Å². The van der Waals surface area contributed by atoms with Crippen molar-refractivity contribution in [1.29, 1.82) is 0 Å². The summed E-state index contributed by atoms with van der Waals surface area (Å²) in [6, 6.07) is 21.7. The van der Waals surface area contributed by atoms with Gasteiger partial charge in [0.15, 0.2) is 0 Å². The molecule has 0 aromatic heterocycles. The molecule has 3 aromatic carbocycles. The minimum atomic E-state index is -0.394. The zero-order chi connectivity index (χ0) is 18.6. The molecule has 0 spiro atoms. The lowest BCUT2D eigenvalue weighted by atomic mass is 10.0. The Kier molecular flexibility index (Phi) is 5.03. The molecule has 4 rings (SSSR count). The van der Waals surface area contributed by atoms with Crippen LogP contribution < -0.4 is 4.74 Å². The molecular formula is C22H22N2O3. The summed E-state index contributed by atoms with van der Waals surface area (Å²) in [5, 5.41) is 13.5. The largest absolute Gasteiger partial charge is 0.492 e. The van der Waals surface area contributed by atoms with Crippen LogP contribution in [0.4, 0.5) is 5.69 Å². The van der Waals surface area contributed by atoms with Crippen LogP contribution in [0.3, 0.4) is 0 Å². The van der Waals surface area contributed by atoms with Crippen LogP contribution in [0.25, 0.3) is 10.8 Å². The first-order chi connectivity index (χ1) is 13.2. The van der Waals surface area contributed by atoms with Gasteiger partial charge in [-0.25, -0.2) is 0 Å². The highest BCUT2D eigenvalue weighted by molar-refractivity contribution is 5.85. The molecule has 0 amide bonds. The second-order valence-electron chi connectivity index (χ2n) is 6.97. The second kappa shape index (κ2) is 7.76. The second-order valence-corrected chi connectivity index (χ2v) is 6.97. The number of fused-ring (bicyclic) bond motifs is 1. The lowest BCUT2D eigenvalue weighted by molar-refractivity contribution is -0.384. The van der Waals surface area contributed by atoms with Crippen molar-refractivity contribution in [1.82, 2.24) is 4.90 Å². The van der Waals surface area contributed by atoms with E-state index in [1.807, 2.05) is 0 Å². The molecule has 1 fully saturated rings. The molecule has 0 saturated carbocycles. The average molecular weight is 362 g/mol. The fourth-order valence-electron chi connectivity index (χ4n) is 3.82. The number of benzene rings is 3. The molecule has 5 nitrogen and oxygen atoms in total. The number of nitro groups is 1. The molecular weight excluding hydrogens is 340 g/mol. The Morgan fingerprint density at radius 1 is 1.07 bits per heavy atom. The zero-order valence-corrected chi connectivity index (χ0v) is 15.1. The van der Waals surface area contributed by atoms with E-state index >= 15 is 0 Å². The van der Waals surface area contributed by atoms with Crippen molar-refractivity contribution in [3.8, 4) is 5.75 Å². The normalized spacial score (nSPS) is 17.3. The number of nitrogens with zero attached hydrogens (tertiary/aromatic N) is 2. The van der Waals surface area contributed by atoms with E-state index in [0.717, 1.165) is 25.9 Å². The fourth-order valence-corrected chi connectivity index (χ4v) is 3.82. The van der Waals surface area contributed by atoms with Crippen LogP contribution in [0.1, 0.15) is 18.4 Å². The first kappa shape index (κ1) is 17.5. The van der Waals surface area contributed by atoms with Crippen molar-refractivity contribution >= 4 is 16.5 Å². The predicted octanol–water partition coefficient (Wildman–Crippen LogP) is 4.79. The van der Waals surface area contributed by atoms with Gasteiger partial charge in [0, 0.05) is 18.7 Å². The van der Waals surface area contributed by atoms with Crippen LogP contribution in [0.15, 0.2) is 66.7 Å². The van der Waals surface area contributed by atoms with Crippen molar-refractivity contribution in [2.45, 2.75) is 25.4 Å². The molecule has 0 radical (unpaired) electrons. The Labute approximate surface area is 158 Å². The molecule has 0 N–H and O–H groups in total. The van der Waals surface area contributed by atoms with Gasteiger partial charge in [0.1, 0.15) is 12.4 Å². The van der Waals surface area contributed by atoms with E-state index in [4.69, 9.17) is 4.74 Å². The maximum absolute atomic E-state index is 10.9. The average Bonchev–Trinajstić information content (AvgIpc) is 3.14. The Morgan fingerprint density at radius 3 is 2.78 bits per heavy atom. The Balaban J connectivity index is 1.45. The number of non-ortho nitro benzene ring substituents is 1. The van der Waals surface area contributed by atoms with E-state index in [9.17, 15) is 10.1 Å². The highest BCUT2D eigenvalue weighted by atomic mass is 16.6. The van der Waals surface area contributed by atoms with Gasteiger partial charge in [-0.05, 0) is 41.8 Å². The zero-order valence-electron chi connectivity index (χ0n) is 15.1. The monoisotopic (exact) mass is 362 g/mol. The van der Waals surface area contributed by atoms with E-state index in [-0.39, 0.29) is 5.69 Å². The number of hydrogen-bond acceptors (Lipinski definition) is 4. The Bertz CT molecular complexity index is 952. The molecule has 1 aliphatic rings. The third kappa shape index (κ3) is 3.93. The SMILES string of the molecule is O=[N+]([O-])c1cccc(OC[C@H]2CCCN2Cc2cccc3ccccc23)c1. The fraction of sp³-hybridized carbons (Fsp3) is 0.273. The van der Waals surface area contributed by atoms with Gasteiger partial charge in [0.25, 0.3) is 5.69 Å². The standard InChI is InChI=1S/C22H22N2O3/c25-24(26)19-9-4-11-21(14-19)27-16-20-10-5-13-23(20)15-18-8-3-7-17-6-1-2-12-22(17)18/h1-4,6-9,11-12,14,20H,5,10,13,15-16H2/t20-/m1/s1. The first-order valence-electron chi connectivity index (χ1n) is 9.28. The van der Waals surface area contributed by atoms with Crippen LogP contribution in [0, 0.1) is 10.1 Å². The predicted molar refractivity (Wildman–Crippen MR) is 106 cm³/mol. The van der Waals surface area contributed by atoms with Crippen LogP contribution in [-0.4, -0.2) is 29.0 Å². The molecule has 1 heterocycles. The van der Waals surface area contributed by atoms with Gasteiger partial charge in [-0.15, -0.1) is 0 Å². The summed E-state index contributed by atoms with van der Waals surface area (Å²) in [6.45, 7) is 2.49. The molecule has 1 aliphatic heterocycles. The van der Waals surface area contributed by atoms with Crippen molar-refractivity contribution in [2.75, 3.05) is 13.2 Å². The van der Waals surface area contributed by atoms with E-state index in [1.54, 1.807) is 12.1 Å². The summed E-state index contributed by atoms with van der Waals surface area (Å²) in [4.78, 5) is 13.0. The van der Waals surface area contributed by atoms with Gasteiger partial charge in [0.2, 0.25) is 0 Å². The third-order valence-corrected chi connectivity index (χ3v) is 5.22. The molecule has 0 aliphatic carbocycles. The van der Waals surface area contributed by atoms with Gasteiger partial charge in [-0.1, -0.05) is 48.5 Å². The van der Waals surface area contributed by atoms with Crippen LogP contribution in [0.2, 0.25) is 0 Å². The maximum Gasteiger partial charge on any atom is 0.273 e. The summed E-state index contributed by atoms with van der Waals surface area (Å²) in [6.07, 6.45) is 2.23. The number of hydrogen-bond donors (Lipinski definition) is 0. The quantitative estimate of drug-likeness (QED) is 0.467. The molecule has 27 heavy (non-hydrogen) atoms. The summed E-state index contributed by atoms with van der Waals surface area (Å²) in [7, 11) is 0. The van der Waals surface area contributed by atoms with Crippen molar-refractivity contribution in [2.24, 2.45) is 0 Å². The lowest BCUT2D eigenvalue weighted by Gasteiger charge is -2.25. The smallest absolute Gasteiger partial charge is 0.273 e. The highest BCUT2D eigenvalue weighted by Gasteiger charge is 2.25. The molecule has 1 saturated heterocycles. The van der Waals surface area contributed by atoms with Gasteiger partial charge >= 0.3 is 0 Å². The first-order valence-corrected chi connectivity index (χ1v) is 9.28. The van der Waals surface area contributed by atoms with Gasteiger partial charge in [0.05, 0.1) is 11.0 Å². The summed E-state index contributed by atoms with van der Waals surface area (Å²) in [5.41, 5.74) is 1.39. The Hall–Kier alpha value is -2.92. The molecule has 5 heteroatoms. The van der Waals surface area contributed by atoms with Crippen LogP contribution in [0.5, 0.6) is 5.75 Å². The highest BCUT2D eigenvalue weighted by Crippen LogP contribution is 2.26. The summed E-state index contributed by atoms with van der Waals surface area (Å²) < 4.78 is 5.89. The maximum atomic E-state index is 10.9. The Morgan fingerprint density at radius 2 is 1.89 bits per heavy atom. The summed E-state index contributed by atoms with van der Waals surface area (Å²) >= 11 is 0. The van der Waals surface area contributed by atoms with Crippen molar-refractivity contribution in [3.63, 3.8) is 0 Å². The van der Waals surface area contributed by atoms with Gasteiger partial charge in [-0.2, -0.15) is 0 Å². The molecule has 138 valence electrons. The lowest BCUT2D eigenvalue weighted by Crippen LogP contribution is -2.33. The molecule has 0 bridgehead atoms. The molecule has 3 aromatic rings. The van der Waals surface area contributed by atoms with E-state index in [0.29, 0.717) is 18.4 Å². The van der Waals surface area contributed by atoms with E-state index in [1.165, 1.54) is 28.5 Å². The molecule has 1 atom stereocenters. The third-order valence-electron chi connectivity index (χ3n) is 5.22. The number of ether oxygens (including phenoxy) is 1. The molecule has 0 unspecified atom stereocenters. The van der Waals surface area contributed by atoms with E-state index in [2.05, 4.69) is 47.4 Å². The van der Waals surface area contributed by atoms with Crippen LogP contribution >= 0.6 is 0 Å². The number of rotatable bonds is 6. The summed E-state index contributed by atoms with van der Waals surface area (Å²) in [5.74, 6) is 0.557. The van der Waals surface area contributed by atoms with Gasteiger partial charge < -0.3 is 4.74 Å². The van der Waals surface area contributed by atoms with Gasteiger partial charge in [-0.3, -0.25) is 15.0 Å². The number of likely N-dealkylation sites (tertiary alicyclic amines) is 1. The topological polar surface area (TPSA) is 55.6 Å². The number of nitro benzene ring substituents is 1. The minimum absolute atomic E-state index is 0.0616.